The third-order valence-electron chi connectivity index (χ3n) is 2.05. The van der Waals surface area contributed by atoms with Crippen molar-refractivity contribution in [2.75, 3.05) is 25.5 Å². The first-order valence-electron chi connectivity index (χ1n) is 5.72. The zero-order chi connectivity index (χ0) is 13.4. The second-order valence-electron chi connectivity index (χ2n) is 3.62. The normalized spacial score (nSPS) is 11.8. The summed E-state index contributed by atoms with van der Waals surface area (Å²) in [4.78, 5) is 0. The zero-order valence-corrected chi connectivity index (χ0v) is 11.9. The molecule has 0 radical (unpaired) electrons. The van der Waals surface area contributed by atoms with Crippen LogP contribution in [0.1, 0.15) is 26.2 Å². The number of hydrogen-bond acceptors (Lipinski definition) is 7. The number of unbranched alkanes of at least 4 members (excludes halogenated alkanes) is 1. The van der Waals surface area contributed by atoms with E-state index in [2.05, 4.69) is 21.8 Å². The number of rotatable bonds is 9. The van der Waals surface area contributed by atoms with Crippen molar-refractivity contribution in [3.63, 3.8) is 0 Å². The van der Waals surface area contributed by atoms with Gasteiger partial charge in [-0.3, -0.25) is 0 Å². The summed E-state index contributed by atoms with van der Waals surface area (Å²) in [7, 11) is -3.58. The molecule has 0 saturated heterocycles. The highest BCUT2D eigenvalue weighted by Gasteiger charge is 2.18. The summed E-state index contributed by atoms with van der Waals surface area (Å²) in [5, 5.41) is 7.09. The van der Waals surface area contributed by atoms with Gasteiger partial charge < -0.3 is 10.5 Å². The van der Waals surface area contributed by atoms with Gasteiger partial charge in [-0.15, -0.1) is 10.2 Å². The van der Waals surface area contributed by atoms with Crippen molar-refractivity contribution in [1.82, 2.24) is 14.9 Å². The van der Waals surface area contributed by atoms with Gasteiger partial charge >= 0.3 is 0 Å². The summed E-state index contributed by atoms with van der Waals surface area (Å²) < 4.78 is 31.0. The molecule has 0 amide bonds. The summed E-state index contributed by atoms with van der Waals surface area (Å²) in [5.41, 5.74) is 5.33. The van der Waals surface area contributed by atoms with E-state index in [9.17, 15) is 8.42 Å². The average molecular weight is 294 g/mol. The zero-order valence-electron chi connectivity index (χ0n) is 10.3. The Kier molecular flexibility index (Phi) is 6.47. The number of anilines is 1. The summed E-state index contributed by atoms with van der Waals surface area (Å²) in [6.07, 6.45) is 2.73. The molecule has 104 valence electrons. The lowest BCUT2D eigenvalue weighted by Crippen LogP contribution is -2.25. The predicted molar refractivity (Wildman–Crippen MR) is 69.9 cm³/mol. The molecule has 0 fully saturated rings. The lowest BCUT2D eigenvalue weighted by molar-refractivity contribution is 0.130. The minimum Gasteiger partial charge on any atom is -0.381 e. The molecule has 0 aliphatic rings. The highest BCUT2D eigenvalue weighted by atomic mass is 32.2. The molecule has 0 aliphatic heterocycles. The first-order chi connectivity index (χ1) is 8.56. The van der Waals surface area contributed by atoms with Crippen LogP contribution in [0.25, 0.3) is 0 Å². The first kappa shape index (κ1) is 15.3. The molecule has 1 heterocycles. The van der Waals surface area contributed by atoms with Gasteiger partial charge in [-0.2, -0.15) is 0 Å². The fourth-order valence-electron chi connectivity index (χ4n) is 1.12. The van der Waals surface area contributed by atoms with Crippen LogP contribution in [0.3, 0.4) is 0 Å². The molecule has 0 unspecified atom stereocenters. The minimum absolute atomic E-state index is 0.105. The Morgan fingerprint density at radius 3 is 2.67 bits per heavy atom. The second-order valence-corrected chi connectivity index (χ2v) is 6.57. The first-order valence-corrected chi connectivity index (χ1v) is 8.02. The predicted octanol–water partition coefficient (Wildman–Crippen LogP) is 0.605. The Morgan fingerprint density at radius 1 is 1.33 bits per heavy atom. The molecule has 0 atom stereocenters. The summed E-state index contributed by atoms with van der Waals surface area (Å²) >= 11 is 0.843. The Balaban J connectivity index is 2.22. The van der Waals surface area contributed by atoms with Crippen molar-refractivity contribution in [3.8, 4) is 0 Å². The average Bonchev–Trinajstić information content (AvgIpc) is 2.75. The van der Waals surface area contributed by atoms with Crippen molar-refractivity contribution in [2.45, 2.75) is 30.5 Å². The number of nitrogen functional groups attached to an aromatic ring is 1. The molecule has 1 aromatic rings. The van der Waals surface area contributed by atoms with Crippen LogP contribution in [0.4, 0.5) is 5.13 Å². The van der Waals surface area contributed by atoms with Crippen LogP contribution < -0.4 is 10.5 Å². The highest BCUT2D eigenvalue weighted by molar-refractivity contribution is 7.91. The lowest BCUT2D eigenvalue weighted by Gasteiger charge is -2.04. The Hall–Kier alpha value is -0.770. The van der Waals surface area contributed by atoms with Gasteiger partial charge in [-0.05, 0) is 12.8 Å². The van der Waals surface area contributed by atoms with Crippen LogP contribution in [0.15, 0.2) is 4.34 Å². The Morgan fingerprint density at radius 2 is 2.06 bits per heavy atom. The van der Waals surface area contributed by atoms with E-state index in [1.54, 1.807) is 0 Å². The summed E-state index contributed by atoms with van der Waals surface area (Å²) in [6.45, 7) is 3.66. The monoisotopic (exact) mass is 294 g/mol. The molecule has 18 heavy (non-hydrogen) atoms. The molecule has 7 nitrogen and oxygen atoms in total. The van der Waals surface area contributed by atoms with Gasteiger partial charge in [0.2, 0.25) is 9.47 Å². The van der Waals surface area contributed by atoms with Crippen LogP contribution >= 0.6 is 11.3 Å². The van der Waals surface area contributed by atoms with E-state index in [1.807, 2.05) is 0 Å². The van der Waals surface area contributed by atoms with E-state index in [0.717, 1.165) is 30.8 Å². The smallest absolute Gasteiger partial charge is 0.269 e. The SMILES string of the molecule is CCCCOCCCNS(=O)(=O)c1nnc(N)s1. The largest absolute Gasteiger partial charge is 0.381 e. The van der Waals surface area contributed by atoms with E-state index < -0.39 is 10.0 Å². The summed E-state index contributed by atoms with van der Waals surface area (Å²) in [6, 6.07) is 0. The molecular weight excluding hydrogens is 276 g/mol. The van der Waals surface area contributed by atoms with Crippen LogP contribution in [0.5, 0.6) is 0 Å². The third kappa shape index (κ3) is 5.25. The number of nitrogens with zero attached hydrogens (tertiary/aromatic N) is 2. The van der Waals surface area contributed by atoms with Crippen LogP contribution in [0, 0.1) is 0 Å². The maximum atomic E-state index is 11.7. The molecule has 1 rings (SSSR count). The molecular formula is C9H18N4O3S2. The number of ether oxygens (including phenoxy) is 1. The van der Waals surface area contributed by atoms with E-state index in [1.165, 1.54) is 0 Å². The van der Waals surface area contributed by atoms with Gasteiger partial charge in [0.25, 0.3) is 10.0 Å². The van der Waals surface area contributed by atoms with Crippen molar-refractivity contribution in [2.24, 2.45) is 0 Å². The van der Waals surface area contributed by atoms with E-state index in [4.69, 9.17) is 10.5 Å². The fourth-order valence-corrected chi connectivity index (χ4v) is 3.02. The molecule has 9 heteroatoms. The number of nitrogens with two attached hydrogens (primary N) is 1. The van der Waals surface area contributed by atoms with Crippen molar-refractivity contribution in [1.29, 1.82) is 0 Å². The molecule has 0 aliphatic carbocycles. The number of aromatic nitrogens is 2. The van der Waals surface area contributed by atoms with Crippen molar-refractivity contribution < 1.29 is 13.2 Å². The maximum Gasteiger partial charge on any atom is 0.269 e. The standard InChI is InChI=1S/C9H18N4O3S2/c1-2-3-6-16-7-4-5-11-18(14,15)9-13-12-8(10)17-9/h11H,2-7H2,1H3,(H2,10,12). The third-order valence-corrected chi connectivity index (χ3v) is 4.63. The van der Waals surface area contributed by atoms with Crippen molar-refractivity contribution in [3.05, 3.63) is 0 Å². The molecule has 0 spiro atoms. The van der Waals surface area contributed by atoms with E-state index >= 15 is 0 Å². The number of sulfonamides is 1. The molecule has 0 saturated carbocycles. The topological polar surface area (TPSA) is 107 Å². The lowest BCUT2D eigenvalue weighted by atomic mass is 10.4. The number of hydrogen-bond donors (Lipinski definition) is 2. The van der Waals surface area contributed by atoms with Gasteiger partial charge in [-0.25, -0.2) is 13.1 Å². The fraction of sp³-hybridized carbons (Fsp3) is 0.778. The molecule has 1 aromatic heterocycles. The Bertz CT molecular complexity index is 446. The molecule has 0 aromatic carbocycles. The van der Waals surface area contributed by atoms with Gasteiger partial charge in [0.05, 0.1) is 0 Å². The molecule has 0 bridgehead atoms. The highest BCUT2D eigenvalue weighted by Crippen LogP contribution is 2.16. The van der Waals surface area contributed by atoms with Crippen LogP contribution in [0.2, 0.25) is 0 Å². The Labute approximate surface area is 111 Å². The van der Waals surface area contributed by atoms with Gasteiger partial charge in [0, 0.05) is 19.8 Å². The number of nitrogens with one attached hydrogen (secondary N) is 1. The van der Waals surface area contributed by atoms with Crippen LogP contribution in [-0.4, -0.2) is 38.4 Å². The maximum absolute atomic E-state index is 11.7. The van der Waals surface area contributed by atoms with Crippen LogP contribution in [-0.2, 0) is 14.8 Å². The van der Waals surface area contributed by atoms with Gasteiger partial charge in [-0.1, -0.05) is 24.7 Å². The van der Waals surface area contributed by atoms with Gasteiger partial charge in [0.1, 0.15) is 0 Å². The van der Waals surface area contributed by atoms with Gasteiger partial charge in [0.15, 0.2) is 0 Å². The van der Waals surface area contributed by atoms with E-state index in [-0.39, 0.29) is 9.47 Å². The quantitative estimate of drug-likeness (QED) is 0.646. The van der Waals surface area contributed by atoms with E-state index in [0.29, 0.717) is 19.6 Å². The summed E-state index contributed by atoms with van der Waals surface area (Å²) in [5.74, 6) is 0. The second kappa shape index (κ2) is 7.62. The molecule has 3 N–H and O–H groups in total. The minimum atomic E-state index is -3.58. The van der Waals surface area contributed by atoms with Crippen molar-refractivity contribution >= 4 is 26.5 Å².